The molecule has 0 bridgehead atoms. The van der Waals surface area contributed by atoms with E-state index in [0.29, 0.717) is 39.3 Å². The van der Waals surface area contributed by atoms with Gasteiger partial charge in [0.15, 0.2) is 0 Å². The third-order valence-corrected chi connectivity index (χ3v) is 5.02. The highest BCUT2D eigenvalue weighted by atomic mass is 19.1. The van der Waals surface area contributed by atoms with Crippen LogP contribution in [0.15, 0.2) is 42.5 Å². The number of anilines is 2. The molecular formula is C25H37FN4O2. The van der Waals surface area contributed by atoms with Gasteiger partial charge in [-0.05, 0) is 50.6 Å². The van der Waals surface area contributed by atoms with E-state index in [4.69, 9.17) is 10.5 Å². The number of benzene rings is 2. The van der Waals surface area contributed by atoms with E-state index in [9.17, 15) is 9.18 Å². The summed E-state index contributed by atoms with van der Waals surface area (Å²) in [5.41, 5.74) is 9.67. The molecule has 2 aromatic rings. The summed E-state index contributed by atoms with van der Waals surface area (Å²) in [7, 11) is 0. The monoisotopic (exact) mass is 444 g/mol. The lowest BCUT2D eigenvalue weighted by Gasteiger charge is -2.37. The Bertz CT molecular complexity index is 857. The molecule has 0 spiro atoms. The molecule has 7 heteroatoms. The van der Waals surface area contributed by atoms with Gasteiger partial charge < -0.3 is 25.6 Å². The number of nitrogens with zero attached hydrogens (tertiary/aromatic N) is 2. The van der Waals surface area contributed by atoms with E-state index in [-0.39, 0.29) is 11.9 Å². The normalized spacial score (nSPS) is 13.8. The SMILES string of the molecule is CC.CC(C)(C)OC(=O)N1CCN(c2cccc(NCc3ccc(F)cc3)c2CN)CC1. The zero-order valence-electron chi connectivity index (χ0n) is 20.0. The Morgan fingerprint density at radius 3 is 2.25 bits per heavy atom. The van der Waals surface area contributed by atoms with E-state index in [1.54, 1.807) is 17.0 Å². The number of ether oxygens (including phenoxy) is 1. The number of nitrogens with two attached hydrogens (primary N) is 1. The van der Waals surface area contributed by atoms with Crippen LogP contribution in [0.1, 0.15) is 45.7 Å². The van der Waals surface area contributed by atoms with Crippen molar-refractivity contribution in [2.75, 3.05) is 36.4 Å². The van der Waals surface area contributed by atoms with Crippen LogP contribution in [0.4, 0.5) is 20.6 Å². The number of amides is 1. The molecule has 0 radical (unpaired) electrons. The fourth-order valence-corrected chi connectivity index (χ4v) is 3.51. The molecule has 1 saturated heterocycles. The van der Waals surface area contributed by atoms with Gasteiger partial charge in [-0.25, -0.2) is 9.18 Å². The Hall–Kier alpha value is -2.80. The first kappa shape index (κ1) is 25.5. The van der Waals surface area contributed by atoms with Crippen molar-refractivity contribution >= 4 is 17.5 Å². The molecule has 0 saturated carbocycles. The molecule has 1 fully saturated rings. The van der Waals surface area contributed by atoms with Crippen molar-refractivity contribution in [3.63, 3.8) is 0 Å². The highest BCUT2D eigenvalue weighted by Gasteiger charge is 2.26. The van der Waals surface area contributed by atoms with Gasteiger partial charge in [-0.2, -0.15) is 0 Å². The van der Waals surface area contributed by atoms with Crippen molar-refractivity contribution in [3.05, 3.63) is 59.4 Å². The molecule has 32 heavy (non-hydrogen) atoms. The minimum absolute atomic E-state index is 0.242. The molecule has 3 N–H and O–H groups in total. The average Bonchev–Trinajstić information content (AvgIpc) is 2.78. The quantitative estimate of drug-likeness (QED) is 0.681. The summed E-state index contributed by atoms with van der Waals surface area (Å²) in [5.74, 6) is -0.242. The van der Waals surface area contributed by atoms with Crippen molar-refractivity contribution in [1.29, 1.82) is 0 Å². The summed E-state index contributed by atoms with van der Waals surface area (Å²) in [5, 5.41) is 3.42. The number of carbonyl (C=O) groups is 1. The minimum atomic E-state index is -0.495. The van der Waals surface area contributed by atoms with Crippen LogP contribution < -0.4 is 16.0 Å². The average molecular weight is 445 g/mol. The molecule has 1 aliphatic heterocycles. The lowest BCUT2D eigenvalue weighted by Crippen LogP contribution is -2.50. The molecule has 3 rings (SSSR count). The van der Waals surface area contributed by atoms with Gasteiger partial charge in [0.2, 0.25) is 0 Å². The molecule has 0 atom stereocenters. The lowest BCUT2D eigenvalue weighted by molar-refractivity contribution is 0.0240. The molecule has 0 aliphatic carbocycles. The number of carbonyl (C=O) groups excluding carboxylic acids is 1. The van der Waals surface area contributed by atoms with Gasteiger partial charge in [-0.1, -0.05) is 32.0 Å². The predicted molar refractivity (Wildman–Crippen MR) is 129 cm³/mol. The highest BCUT2D eigenvalue weighted by molar-refractivity contribution is 5.70. The standard InChI is InChI=1S/C23H31FN4O2.C2H6/c1-23(2,3)30-22(29)28-13-11-27(12-14-28)21-6-4-5-20(19(21)15-25)26-16-17-7-9-18(24)10-8-17;1-2/h4-10,26H,11-16,25H2,1-3H3;1-2H3. The molecule has 6 nitrogen and oxygen atoms in total. The van der Waals surface area contributed by atoms with E-state index < -0.39 is 5.60 Å². The fraction of sp³-hybridized carbons (Fsp3) is 0.480. The number of hydrogen-bond donors (Lipinski definition) is 2. The summed E-state index contributed by atoms with van der Waals surface area (Å²) in [4.78, 5) is 16.3. The molecule has 2 aromatic carbocycles. The molecular weight excluding hydrogens is 407 g/mol. The van der Waals surface area contributed by atoms with Gasteiger partial charge in [0, 0.05) is 56.2 Å². The number of hydrogen-bond acceptors (Lipinski definition) is 5. The van der Waals surface area contributed by atoms with Crippen molar-refractivity contribution in [2.24, 2.45) is 5.73 Å². The predicted octanol–water partition coefficient (Wildman–Crippen LogP) is 4.98. The highest BCUT2D eigenvalue weighted by Crippen LogP contribution is 2.29. The van der Waals surface area contributed by atoms with Gasteiger partial charge in [0.05, 0.1) is 0 Å². The van der Waals surface area contributed by atoms with Crippen LogP contribution >= 0.6 is 0 Å². The molecule has 1 aliphatic rings. The van der Waals surface area contributed by atoms with E-state index in [1.807, 2.05) is 46.8 Å². The Morgan fingerprint density at radius 1 is 1.06 bits per heavy atom. The van der Waals surface area contributed by atoms with Crippen LogP contribution in [0.3, 0.4) is 0 Å². The zero-order chi connectivity index (χ0) is 23.7. The maximum atomic E-state index is 13.1. The minimum Gasteiger partial charge on any atom is -0.444 e. The van der Waals surface area contributed by atoms with Crippen molar-refractivity contribution in [3.8, 4) is 0 Å². The second-order valence-corrected chi connectivity index (χ2v) is 8.44. The van der Waals surface area contributed by atoms with E-state index in [1.165, 1.54) is 12.1 Å². The van der Waals surface area contributed by atoms with Gasteiger partial charge in [-0.15, -0.1) is 0 Å². The molecule has 0 aromatic heterocycles. The molecule has 1 amide bonds. The van der Waals surface area contributed by atoms with Crippen molar-refractivity contribution in [2.45, 2.75) is 53.3 Å². The first-order chi connectivity index (χ1) is 15.3. The van der Waals surface area contributed by atoms with Crippen LogP contribution in [-0.2, 0) is 17.8 Å². The van der Waals surface area contributed by atoms with Crippen molar-refractivity contribution in [1.82, 2.24) is 4.90 Å². The Kier molecular flexibility index (Phi) is 9.32. The Morgan fingerprint density at radius 2 is 1.69 bits per heavy atom. The first-order valence-electron chi connectivity index (χ1n) is 11.3. The van der Waals surface area contributed by atoms with E-state index in [0.717, 1.165) is 22.5 Å². The topological polar surface area (TPSA) is 70.8 Å². The van der Waals surface area contributed by atoms with E-state index in [2.05, 4.69) is 16.3 Å². The van der Waals surface area contributed by atoms with E-state index >= 15 is 0 Å². The summed E-state index contributed by atoms with van der Waals surface area (Å²) in [6.45, 7) is 13.2. The summed E-state index contributed by atoms with van der Waals surface area (Å²) in [6, 6.07) is 12.5. The summed E-state index contributed by atoms with van der Waals surface area (Å²) < 4.78 is 18.6. The van der Waals surface area contributed by atoms with Crippen LogP contribution in [0, 0.1) is 5.82 Å². The molecule has 1 heterocycles. The van der Waals surface area contributed by atoms with Gasteiger partial charge in [0.1, 0.15) is 11.4 Å². The third-order valence-electron chi connectivity index (χ3n) is 5.02. The van der Waals surface area contributed by atoms with Gasteiger partial charge >= 0.3 is 6.09 Å². The number of piperazine rings is 1. The first-order valence-corrected chi connectivity index (χ1v) is 11.3. The summed E-state index contributed by atoms with van der Waals surface area (Å²) >= 11 is 0. The second-order valence-electron chi connectivity index (χ2n) is 8.44. The fourth-order valence-electron chi connectivity index (χ4n) is 3.51. The van der Waals surface area contributed by atoms with Crippen LogP contribution in [0.5, 0.6) is 0 Å². The second kappa shape index (κ2) is 11.7. The number of nitrogens with one attached hydrogen (secondary N) is 1. The molecule has 176 valence electrons. The van der Waals surface area contributed by atoms with Gasteiger partial charge in [-0.3, -0.25) is 0 Å². The molecule has 0 unspecified atom stereocenters. The Labute approximate surface area is 191 Å². The third kappa shape index (κ3) is 7.12. The van der Waals surface area contributed by atoms with Crippen molar-refractivity contribution < 1.29 is 13.9 Å². The van der Waals surface area contributed by atoms with Crippen LogP contribution in [-0.4, -0.2) is 42.8 Å². The Balaban J connectivity index is 0.00000176. The zero-order valence-corrected chi connectivity index (χ0v) is 20.0. The number of halogens is 1. The maximum absolute atomic E-state index is 13.1. The lowest BCUT2D eigenvalue weighted by atomic mass is 10.1. The van der Waals surface area contributed by atoms with Gasteiger partial charge in [0.25, 0.3) is 0 Å². The smallest absolute Gasteiger partial charge is 0.410 e. The summed E-state index contributed by atoms with van der Waals surface area (Å²) in [6.07, 6.45) is -0.268. The number of rotatable bonds is 5. The van der Waals surface area contributed by atoms with Crippen LogP contribution in [0.2, 0.25) is 0 Å². The largest absolute Gasteiger partial charge is 0.444 e. The van der Waals surface area contributed by atoms with Crippen LogP contribution in [0.25, 0.3) is 0 Å². The maximum Gasteiger partial charge on any atom is 0.410 e.